The summed E-state index contributed by atoms with van der Waals surface area (Å²) in [5.41, 5.74) is 4.14. The minimum Gasteiger partial charge on any atom is -0.357 e. The number of hydrogen-bond donors (Lipinski definition) is 2. The van der Waals surface area contributed by atoms with Gasteiger partial charge in [0.05, 0.1) is 32.0 Å². The van der Waals surface area contributed by atoms with Crippen LogP contribution in [0.25, 0.3) is 33.4 Å². The molecule has 0 amide bonds. The second kappa shape index (κ2) is 9.50. The molecule has 0 atom stereocenters. The van der Waals surface area contributed by atoms with Crippen LogP contribution in [0.15, 0.2) is 53.5 Å². The first-order chi connectivity index (χ1) is 17.9. The molecule has 4 aromatic rings. The number of benzene rings is 1. The van der Waals surface area contributed by atoms with Crippen molar-refractivity contribution in [2.75, 3.05) is 38.7 Å². The van der Waals surface area contributed by atoms with Crippen molar-refractivity contribution in [3.63, 3.8) is 0 Å². The van der Waals surface area contributed by atoms with Crippen molar-refractivity contribution in [3.05, 3.63) is 69.7 Å². The second-order valence-electron chi connectivity index (χ2n) is 9.56. The van der Waals surface area contributed by atoms with Gasteiger partial charge in [-0.05, 0) is 31.2 Å². The Hall–Kier alpha value is -3.37. The Morgan fingerprint density at radius 2 is 1.95 bits per heavy atom. The molecule has 0 bridgehead atoms. The molecule has 10 heteroatoms. The molecule has 2 saturated heterocycles. The molecule has 3 aromatic heterocycles. The van der Waals surface area contributed by atoms with Crippen molar-refractivity contribution in [2.45, 2.75) is 19.3 Å². The van der Waals surface area contributed by atoms with Crippen LogP contribution >= 0.6 is 11.6 Å². The van der Waals surface area contributed by atoms with Gasteiger partial charge in [0, 0.05) is 58.5 Å². The predicted octanol–water partition coefficient (Wildman–Crippen LogP) is 3.49. The standard InChI is InChI=1S/C27H27ClN6O3/c1-16-4-3-5-23(32-16)18-6-7-20(22(28)9-18)21-8-19-10-31-26(29-2)33-24(19)34(25(21)35)11-17-12-36-27(37-13-17)14-30-15-27/h3-10,17,30H,11-15H2,1-2H3,(H,29,31,33). The smallest absolute Gasteiger partial charge is 0.260 e. The number of halogens is 1. The maximum atomic E-state index is 13.9. The van der Waals surface area contributed by atoms with Gasteiger partial charge in [0.15, 0.2) is 5.79 Å². The van der Waals surface area contributed by atoms with Gasteiger partial charge in [-0.1, -0.05) is 29.8 Å². The van der Waals surface area contributed by atoms with E-state index >= 15 is 0 Å². The number of aryl methyl sites for hydroxylation is 1. The van der Waals surface area contributed by atoms with E-state index in [2.05, 4.69) is 25.6 Å². The average Bonchev–Trinajstić information content (AvgIpc) is 2.89. The summed E-state index contributed by atoms with van der Waals surface area (Å²) in [7, 11) is 1.75. The average molecular weight is 519 g/mol. The lowest BCUT2D eigenvalue weighted by Crippen LogP contribution is -2.65. The molecule has 190 valence electrons. The van der Waals surface area contributed by atoms with Gasteiger partial charge in [0.1, 0.15) is 5.65 Å². The zero-order valence-corrected chi connectivity index (χ0v) is 21.4. The molecule has 9 nitrogen and oxygen atoms in total. The zero-order valence-electron chi connectivity index (χ0n) is 20.6. The van der Waals surface area contributed by atoms with Crippen molar-refractivity contribution in [3.8, 4) is 22.4 Å². The highest BCUT2D eigenvalue weighted by molar-refractivity contribution is 6.33. The molecule has 6 rings (SSSR count). The van der Waals surface area contributed by atoms with E-state index in [0.717, 1.165) is 22.3 Å². The van der Waals surface area contributed by atoms with Crippen molar-refractivity contribution in [1.82, 2.24) is 24.8 Å². The van der Waals surface area contributed by atoms with Crippen molar-refractivity contribution < 1.29 is 9.47 Å². The summed E-state index contributed by atoms with van der Waals surface area (Å²) in [6.45, 7) is 4.72. The van der Waals surface area contributed by atoms with E-state index in [0.29, 0.717) is 60.6 Å². The minimum atomic E-state index is -0.520. The normalized spacial score (nSPS) is 17.2. The summed E-state index contributed by atoms with van der Waals surface area (Å²) in [5, 5.41) is 7.35. The highest BCUT2D eigenvalue weighted by Crippen LogP contribution is 2.32. The fourth-order valence-corrected chi connectivity index (χ4v) is 5.05. The van der Waals surface area contributed by atoms with Crippen LogP contribution in [-0.4, -0.2) is 58.7 Å². The molecule has 0 radical (unpaired) electrons. The van der Waals surface area contributed by atoms with Crippen LogP contribution in [0.4, 0.5) is 5.95 Å². The molecule has 0 aliphatic carbocycles. The topological polar surface area (TPSA) is 103 Å². The number of hydrogen-bond acceptors (Lipinski definition) is 8. The number of rotatable bonds is 5. The lowest BCUT2D eigenvalue weighted by molar-refractivity contribution is -0.302. The first-order valence-corrected chi connectivity index (χ1v) is 12.6. The molecule has 2 aliphatic heterocycles. The molecule has 2 aliphatic rings. The summed E-state index contributed by atoms with van der Waals surface area (Å²) in [4.78, 5) is 27.5. The maximum Gasteiger partial charge on any atom is 0.260 e. The minimum absolute atomic E-state index is 0.000573. The number of ether oxygens (including phenoxy) is 2. The van der Waals surface area contributed by atoms with Crippen LogP contribution in [0.5, 0.6) is 0 Å². The maximum absolute atomic E-state index is 13.9. The Labute approximate surface area is 218 Å². The molecule has 1 spiro atoms. The first-order valence-electron chi connectivity index (χ1n) is 12.3. The van der Waals surface area contributed by atoms with E-state index in [1.807, 2.05) is 49.4 Å². The summed E-state index contributed by atoms with van der Waals surface area (Å²) in [5.74, 6) is -0.0773. The van der Waals surface area contributed by atoms with Crippen LogP contribution < -0.4 is 16.2 Å². The summed E-state index contributed by atoms with van der Waals surface area (Å²) in [6, 6.07) is 13.3. The number of nitrogens with zero attached hydrogens (tertiary/aromatic N) is 4. The number of nitrogens with one attached hydrogen (secondary N) is 2. The molecule has 1 aromatic carbocycles. The number of aromatic nitrogens is 4. The Morgan fingerprint density at radius 3 is 2.62 bits per heavy atom. The highest BCUT2D eigenvalue weighted by atomic mass is 35.5. The van der Waals surface area contributed by atoms with Crippen LogP contribution in [0.1, 0.15) is 5.69 Å². The summed E-state index contributed by atoms with van der Waals surface area (Å²) < 4.78 is 13.7. The molecular formula is C27H27ClN6O3. The van der Waals surface area contributed by atoms with Crippen LogP contribution in [-0.2, 0) is 16.0 Å². The third-order valence-electron chi connectivity index (χ3n) is 6.89. The molecule has 2 fully saturated rings. The molecule has 0 saturated carbocycles. The van der Waals surface area contributed by atoms with Crippen LogP contribution in [0.3, 0.4) is 0 Å². The first kappa shape index (κ1) is 24.0. The van der Waals surface area contributed by atoms with E-state index in [1.165, 1.54) is 0 Å². The van der Waals surface area contributed by atoms with Gasteiger partial charge < -0.3 is 20.1 Å². The zero-order chi connectivity index (χ0) is 25.6. The van der Waals surface area contributed by atoms with Crippen LogP contribution in [0, 0.1) is 12.8 Å². The van der Waals surface area contributed by atoms with Gasteiger partial charge in [-0.2, -0.15) is 4.98 Å². The summed E-state index contributed by atoms with van der Waals surface area (Å²) in [6.07, 6.45) is 1.72. The fourth-order valence-electron chi connectivity index (χ4n) is 4.76. The molecule has 37 heavy (non-hydrogen) atoms. The second-order valence-corrected chi connectivity index (χ2v) is 9.96. The Kier molecular flexibility index (Phi) is 6.16. The van der Waals surface area contributed by atoms with Crippen molar-refractivity contribution >= 4 is 28.6 Å². The molecule has 5 heterocycles. The van der Waals surface area contributed by atoms with E-state index < -0.39 is 5.79 Å². The van der Waals surface area contributed by atoms with Gasteiger partial charge in [0.2, 0.25) is 5.95 Å². The molecule has 2 N–H and O–H groups in total. The Morgan fingerprint density at radius 1 is 1.14 bits per heavy atom. The molecule has 0 unspecified atom stereocenters. The van der Waals surface area contributed by atoms with Crippen molar-refractivity contribution in [2.24, 2.45) is 5.92 Å². The Balaban J connectivity index is 1.41. The van der Waals surface area contributed by atoms with E-state index in [9.17, 15) is 4.79 Å². The van der Waals surface area contributed by atoms with E-state index in [1.54, 1.807) is 17.8 Å². The van der Waals surface area contributed by atoms with E-state index in [-0.39, 0.29) is 11.5 Å². The van der Waals surface area contributed by atoms with Gasteiger partial charge in [-0.3, -0.25) is 14.3 Å². The van der Waals surface area contributed by atoms with Gasteiger partial charge in [-0.25, -0.2) is 4.98 Å². The van der Waals surface area contributed by atoms with Crippen LogP contribution in [0.2, 0.25) is 5.02 Å². The van der Waals surface area contributed by atoms with Gasteiger partial charge in [0.25, 0.3) is 5.56 Å². The lowest BCUT2D eigenvalue weighted by atomic mass is 10.0. The van der Waals surface area contributed by atoms with Gasteiger partial charge >= 0.3 is 0 Å². The highest BCUT2D eigenvalue weighted by Gasteiger charge is 2.43. The molecular weight excluding hydrogens is 492 g/mol. The quantitative estimate of drug-likeness (QED) is 0.414. The monoisotopic (exact) mass is 518 g/mol. The predicted molar refractivity (Wildman–Crippen MR) is 143 cm³/mol. The SMILES string of the molecule is CNc1ncc2cc(-c3ccc(-c4cccc(C)n4)cc3Cl)c(=O)n(CC3COC4(CNC4)OC3)c2n1. The lowest BCUT2D eigenvalue weighted by Gasteiger charge is -2.46. The number of fused-ring (bicyclic) bond motifs is 1. The summed E-state index contributed by atoms with van der Waals surface area (Å²) >= 11 is 6.76. The largest absolute Gasteiger partial charge is 0.357 e. The Bertz CT molecular complexity index is 1540. The van der Waals surface area contributed by atoms with Gasteiger partial charge in [-0.15, -0.1) is 0 Å². The third kappa shape index (κ3) is 4.48. The van der Waals surface area contributed by atoms with Crippen molar-refractivity contribution in [1.29, 1.82) is 0 Å². The number of anilines is 1. The number of pyridine rings is 2. The fraction of sp³-hybridized carbons (Fsp3) is 0.333. The third-order valence-corrected chi connectivity index (χ3v) is 7.20. The van der Waals surface area contributed by atoms with E-state index in [4.69, 9.17) is 21.1 Å².